The van der Waals surface area contributed by atoms with Crippen LogP contribution in [0.2, 0.25) is 4.34 Å². The van der Waals surface area contributed by atoms with Crippen molar-refractivity contribution in [2.24, 2.45) is 11.7 Å². The van der Waals surface area contributed by atoms with Crippen LogP contribution < -0.4 is 5.73 Å². The summed E-state index contributed by atoms with van der Waals surface area (Å²) in [5, 5.41) is 0. The fraction of sp³-hybridized carbons (Fsp3) is 0.667. The Morgan fingerprint density at radius 2 is 2.25 bits per heavy atom. The van der Waals surface area contributed by atoms with Gasteiger partial charge in [0.15, 0.2) is 0 Å². The van der Waals surface area contributed by atoms with E-state index in [1.807, 2.05) is 6.07 Å². The third kappa shape index (κ3) is 4.83. The Morgan fingerprint density at radius 1 is 1.50 bits per heavy atom. The minimum atomic E-state index is 0.661. The van der Waals surface area contributed by atoms with Crippen LogP contribution in [0.25, 0.3) is 0 Å². The van der Waals surface area contributed by atoms with Crippen LogP contribution in [-0.2, 0) is 6.54 Å². The van der Waals surface area contributed by atoms with E-state index in [9.17, 15) is 0 Å². The number of nitrogens with two attached hydrogens (primary N) is 1. The van der Waals surface area contributed by atoms with Gasteiger partial charge in [0.1, 0.15) is 0 Å². The zero-order valence-electron chi connectivity index (χ0n) is 10.1. The standard InChI is InChI=1S/C12H21ClN2S/c1-3-10(8-14)6-7-15(2)9-11-4-5-12(13)16-11/h4-5,10H,3,6-9,14H2,1-2H3. The van der Waals surface area contributed by atoms with E-state index in [4.69, 9.17) is 17.3 Å². The molecule has 1 rings (SSSR count). The number of hydrogen-bond acceptors (Lipinski definition) is 3. The molecule has 0 amide bonds. The molecule has 0 aliphatic carbocycles. The van der Waals surface area contributed by atoms with E-state index >= 15 is 0 Å². The molecule has 92 valence electrons. The largest absolute Gasteiger partial charge is 0.330 e. The molecule has 0 aliphatic heterocycles. The maximum Gasteiger partial charge on any atom is 0.0931 e. The zero-order valence-corrected chi connectivity index (χ0v) is 11.7. The van der Waals surface area contributed by atoms with Crippen molar-refractivity contribution >= 4 is 22.9 Å². The molecule has 1 unspecified atom stereocenters. The monoisotopic (exact) mass is 260 g/mol. The Hall–Kier alpha value is -0.0900. The molecule has 4 heteroatoms. The highest BCUT2D eigenvalue weighted by atomic mass is 35.5. The van der Waals surface area contributed by atoms with Gasteiger partial charge in [-0.25, -0.2) is 0 Å². The normalized spacial score (nSPS) is 13.3. The fourth-order valence-electron chi connectivity index (χ4n) is 1.67. The van der Waals surface area contributed by atoms with E-state index in [-0.39, 0.29) is 0 Å². The van der Waals surface area contributed by atoms with Crippen LogP contribution in [0.3, 0.4) is 0 Å². The molecule has 0 fully saturated rings. The van der Waals surface area contributed by atoms with Gasteiger partial charge in [0.25, 0.3) is 0 Å². The van der Waals surface area contributed by atoms with Crippen LogP contribution in [0.5, 0.6) is 0 Å². The first-order valence-corrected chi connectivity index (χ1v) is 6.98. The fourth-order valence-corrected chi connectivity index (χ4v) is 2.84. The van der Waals surface area contributed by atoms with Crippen LogP contribution in [0.1, 0.15) is 24.6 Å². The van der Waals surface area contributed by atoms with E-state index in [1.54, 1.807) is 11.3 Å². The van der Waals surface area contributed by atoms with Crippen molar-refractivity contribution in [3.05, 3.63) is 21.3 Å². The smallest absolute Gasteiger partial charge is 0.0931 e. The molecular formula is C12H21ClN2S. The van der Waals surface area contributed by atoms with Gasteiger partial charge in [-0.15, -0.1) is 11.3 Å². The van der Waals surface area contributed by atoms with E-state index in [1.165, 1.54) is 17.7 Å². The van der Waals surface area contributed by atoms with Gasteiger partial charge in [0, 0.05) is 11.4 Å². The van der Waals surface area contributed by atoms with Gasteiger partial charge in [-0.3, -0.25) is 0 Å². The molecule has 0 radical (unpaired) electrons. The van der Waals surface area contributed by atoms with Gasteiger partial charge in [0.2, 0.25) is 0 Å². The molecule has 0 spiro atoms. The SMILES string of the molecule is CCC(CN)CCN(C)Cc1ccc(Cl)s1. The Balaban J connectivity index is 2.27. The Labute approximate surface area is 107 Å². The first-order chi connectivity index (χ1) is 7.65. The van der Waals surface area contributed by atoms with Gasteiger partial charge in [-0.1, -0.05) is 24.9 Å². The summed E-state index contributed by atoms with van der Waals surface area (Å²) in [6.07, 6.45) is 2.36. The van der Waals surface area contributed by atoms with Crippen molar-refractivity contribution in [1.29, 1.82) is 0 Å². The maximum atomic E-state index is 5.90. The number of hydrogen-bond donors (Lipinski definition) is 1. The van der Waals surface area contributed by atoms with E-state index < -0.39 is 0 Å². The summed E-state index contributed by atoms with van der Waals surface area (Å²) in [6.45, 7) is 5.09. The lowest BCUT2D eigenvalue weighted by Crippen LogP contribution is -2.23. The van der Waals surface area contributed by atoms with Crippen LogP contribution in [0.15, 0.2) is 12.1 Å². The molecular weight excluding hydrogens is 240 g/mol. The van der Waals surface area contributed by atoms with Crippen molar-refractivity contribution in [3.8, 4) is 0 Å². The highest BCUT2D eigenvalue weighted by Crippen LogP contribution is 2.22. The van der Waals surface area contributed by atoms with E-state index in [2.05, 4.69) is 24.9 Å². The predicted octanol–water partition coefficient (Wildman–Crippen LogP) is 3.21. The maximum absolute atomic E-state index is 5.90. The average molecular weight is 261 g/mol. The lowest BCUT2D eigenvalue weighted by Gasteiger charge is -2.19. The summed E-state index contributed by atoms with van der Waals surface area (Å²) < 4.78 is 0.872. The van der Waals surface area contributed by atoms with Gasteiger partial charge >= 0.3 is 0 Å². The van der Waals surface area contributed by atoms with Crippen molar-refractivity contribution in [2.45, 2.75) is 26.3 Å². The molecule has 0 saturated heterocycles. The Morgan fingerprint density at radius 3 is 2.75 bits per heavy atom. The van der Waals surface area contributed by atoms with E-state index in [0.717, 1.165) is 24.0 Å². The minimum Gasteiger partial charge on any atom is -0.330 e. The molecule has 16 heavy (non-hydrogen) atoms. The zero-order chi connectivity index (χ0) is 12.0. The second-order valence-corrected chi connectivity index (χ2v) is 6.04. The molecule has 0 saturated carbocycles. The molecule has 1 aromatic rings. The topological polar surface area (TPSA) is 29.3 Å². The third-order valence-corrected chi connectivity index (χ3v) is 4.10. The van der Waals surface area contributed by atoms with Crippen molar-refractivity contribution in [3.63, 3.8) is 0 Å². The van der Waals surface area contributed by atoms with Crippen molar-refractivity contribution in [2.75, 3.05) is 20.1 Å². The Bertz CT molecular complexity index is 297. The summed E-state index contributed by atoms with van der Waals surface area (Å²) in [6, 6.07) is 4.06. The van der Waals surface area contributed by atoms with Crippen molar-refractivity contribution in [1.82, 2.24) is 4.90 Å². The van der Waals surface area contributed by atoms with Crippen LogP contribution in [0, 0.1) is 5.92 Å². The van der Waals surface area contributed by atoms with Gasteiger partial charge < -0.3 is 10.6 Å². The Kier molecular flexibility index (Phi) is 6.36. The average Bonchev–Trinajstić information content (AvgIpc) is 2.65. The van der Waals surface area contributed by atoms with E-state index in [0.29, 0.717) is 5.92 Å². The molecule has 0 aromatic carbocycles. The summed E-state index contributed by atoms with van der Waals surface area (Å²) >= 11 is 7.56. The van der Waals surface area contributed by atoms with Crippen LogP contribution in [-0.4, -0.2) is 25.0 Å². The molecule has 2 N–H and O–H groups in total. The molecule has 1 atom stereocenters. The highest BCUT2D eigenvalue weighted by Gasteiger charge is 2.07. The van der Waals surface area contributed by atoms with Gasteiger partial charge in [-0.2, -0.15) is 0 Å². The summed E-state index contributed by atoms with van der Waals surface area (Å²) in [7, 11) is 2.15. The second kappa shape index (κ2) is 7.28. The van der Waals surface area contributed by atoms with Crippen molar-refractivity contribution < 1.29 is 0 Å². The molecule has 0 aliphatic rings. The minimum absolute atomic E-state index is 0.661. The van der Waals surface area contributed by atoms with Gasteiger partial charge in [0.05, 0.1) is 4.34 Å². The molecule has 0 bridgehead atoms. The number of halogens is 1. The first kappa shape index (κ1) is 14.0. The number of rotatable bonds is 7. The summed E-state index contributed by atoms with van der Waals surface area (Å²) in [5.74, 6) is 0.661. The lowest BCUT2D eigenvalue weighted by atomic mass is 10.0. The van der Waals surface area contributed by atoms with Crippen LogP contribution in [0.4, 0.5) is 0 Å². The van der Waals surface area contributed by atoms with Gasteiger partial charge in [-0.05, 0) is 44.6 Å². The predicted molar refractivity (Wildman–Crippen MR) is 73.1 cm³/mol. The molecule has 2 nitrogen and oxygen atoms in total. The van der Waals surface area contributed by atoms with Crippen LogP contribution >= 0.6 is 22.9 Å². The number of thiophene rings is 1. The summed E-state index contributed by atoms with van der Waals surface area (Å²) in [4.78, 5) is 3.66. The third-order valence-electron chi connectivity index (χ3n) is 2.88. The lowest BCUT2D eigenvalue weighted by molar-refractivity contribution is 0.294. The first-order valence-electron chi connectivity index (χ1n) is 5.78. The quantitative estimate of drug-likeness (QED) is 0.816. The molecule has 1 heterocycles. The summed E-state index contributed by atoms with van der Waals surface area (Å²) in [5.41, 5.74) is 5.69. The second-order valence-electron chi connectivity index (χ2n) is 4.24. The number of nitrogens with zero attached hydrogens (tertiary/aromatic N) is 1. The molecule has 1 aromatic heterocycles. The highest BCUT2D eigenvalue weighted by molar-refractivity contribution is 7.16.